The van der Waals surface area contributed by atoms with Gasteiger partial charge in [-0.1, -0.05) is 6.08 Å². The van der Waals surface area contributed by atoms with E-state index >= 15 is 0 Å². The first kappa shape index (κ1) is 18.5. The van der Waals surface area contributed by atoms with Crippen LogP contribution in [0.2, 0.25) is 0 Å². The van der Waals surface area contributed by atoms with E-state index in [1.54, 1.807) is 0 Å². The van der Waals surface area contributed by atoms with Crippen LogP contribution in [0.3, 0.4) is 0 Å². The largest absolute Gasteiger partial charge is 0.480 e. The van der Waals surface area contributed by atoms with Gasteiger partial charge in [0.2, 0.25) is 0 Å². The second-order valence-corrected chi connectivity index (χ2v) is 2.44. The van der Waals surface area contributed by atoms with Crippen molar-refractivity contribution in [2.45, 2.75) is 18.4 Å². The Morgan fingerprint density at radius 2 is 2.00 bits per heavy atom. The summed E-state index contributed by atoms with van der Waals surface area (Å²) in [5.74, 6) is -1.05. The molecule has 0 unspecified atom stereocenters. The van der Waals surface area contributed by atoms with Crippen molar-refractivity contribution >= 4 is 30.8 Å². The summed E-state index contributed by atoms with van der Waals surface area (Å²) in [7, 11) is 0. The Labute approximate surface area is 90.2 Å². The fraction of sp³-hybridized carbons (Fsp3) is 0.571. The summed E-state index contributed by atoms with van der Waals surface area (Å²) in [6.45, 7) is 3.80. The van der Waals surface area contributed by atoms with Gasteiger partial charge in [0.05, 0.1) is 0 Å². The van der Waals surface area contributed by atoms with E-state index in [0.717, 1.165) is 0 Å². The molecule has 0 aliphatic carbocycles. The zero-order valence-electron chi connectivity index (χ0n) is 7.23. The predicted molar refractivity (Wildman–Crippen MR) is 57.5 cm³/mol. The Morgan fingerprint density at radius 1 is 1.54 bits per heavy atom. The summed E-state index contributed by atoms with van der Waals surface area (Å²) in [4.78, 5) is 10.5. The molecule has 0 fully saturated rings. The summed E-state index contributed by atoms with van der Waals surface area (Å²) < 4.78 is 0. The molecule has 0 aromatic rings. The van der Waals surface area contributed by atoms with Crippen LogP contribution in [0, 0.1) is 0 Å². The lowest BCUT2D eigenvalue weighted by atomic mass is 9.95. The maximum absolute atomic E-state index is 10.5. The Balaban J connectivity index is -0.000000500. The van der Waals surface area contributed by atoms with Gasteiger partial charge in [-0.05, 0) is 19.4 Å². The van der Waals surface area contributed by atoms with Crippen molar-refractivity contribution < 1.29 is 9.90 Å². The lowest BCUT2D eigenvalue weighted by molar-refractivity contribution is -0.141. The zero-order chi connectivity index (χ0) is 8.91. The maximum atomic E-state index is 10.5. The molecule has 6 heteroatoms. The van der Waals surface area contributed by atoms with E-state index < -0.39 is 11.5 Å². The fourth-order valence-electron chi connectivity index (χ4n) is 0.691. The molecule has 0 amide bonds. The molecule has 0 saturated heterocycles. The smallest absolute Gasteiger partial charge is 0.327 e. The van der Waals surface area contributed by atoms with Gasteiger partial charge in [-0.3, -0.25) is 0 Å². The Kier molecular flexibility index (Phi) is 11.8. The first-order valence-corrected chi connectivity index (χ1v) is 3.43. The number of carboxylic acid groups (broad SMARTS) is 1. The molecule has 0 aliphatic heterocycles. The Hall–Kier alpha value is -0.290. The molecule has 1 atom stereocenters. The third-order valence-electron chi connectivity index (χ3n) is 1.56. The average Bonchev–Trinajstić information content (AvgIpc) is 2.00. The number of aliphatic carboxylic acids is 1. The molecule has 0 rings (SSSR count). The standard InChI is InChI=1S/C7H14N2O2.2ClH/c1-2-7(9,6(10)11)4-3-5-8;;/h2H,1,3-5,8-9H2,(H,10,11);2*1H/t7-;;/m0../s1. The summed E-state index contributed by atoms with van der Waals surface area (Å²) in [5, 5.41) is 8.62. The lowest BCUT2D eigenvalue weighted by Crippen LogP contribution is -2.46. The maximum Gasteiger partial charge on any atom is 0.327 e. The van der Waals surface area contributed by atoms with E-state index in [1.807, 2.05) is 0 Å². The minimum atomic E-state index is -1.31. The lowest BCUT2D eigenvalue weighted by Gasteiger charge is -2.19. The van der Waals surface area contributed by atoms with Gasteiger partial charge in [0.15, 0.2) is 0 Å². The van der Waals surface area contributed by atoms with Crippen molar-refractivity contribution in [2.24, 2.45) is 11.5 Å². The number of carbonyl (C=O) groups is 1. The topological polar surface area (TPSA) is 89.3 Å². The van der Waals surface area contributed by atoms with Crippen molar-refractivity contribution in [3.8, 4) is 0 Å². The second-order valence-electron chi connectivity index (χ2n) is 2.44. The number of halogens is 2. The van der Waals surface area contributed by atoms with Crippen LogP contribution in [-0.2, 0) is 4.79 Å². The fourth-order valence-corrected chi connectivity index (χ4v) is 0.691. The van der Waals surface area contributed by atoms with Crippen molar-refractivity contribution in [1.29, 1.82) is 0 Å². The molecule has 0 heterocycles. The highest BCUT2D eigenvalue weighted by atomic mass is 35.5. The van der Waals surface area contributed by atoms with Crippen molar-refractivity contribution in [3.63, 3.8) is 0 Å². The highest BCUT2D eigenvalue weighted by Gasteiger charge is 2.28. The van der Waals surface area contributed by atoms with Crippen LogP contribution in [0.4, 0.5) is 0 Å². The third-order valence-corrected chi connectivity index (χ3v) is 1.56. The van der Waals surface area contributed by atoms with Crippen molar-refractivity contribution in [1.82, 2.24) is 0 Å². The number of rotatable bonds is 5. The molecule has 13 heavy (non-hydrogen) atoms. The van der Waals surface area contributed by atoms with E-state index in [1.165, 1.54) is 6.08 Å². The highest BCUT2D eigenvalue weighted by molar-refractivity contribution is 5.85. The molecule has 0 bridgehead atoms. The molecule has 5 N–H and O–H groups in total. The number of nitrogens with two attached hydrogens (primary N) is 2. The SMILES string of the molecule is C=C[C@](N)(CCCN)C(=O)O.Cl.Cl. The van der Waals surface area contributed by atoms with Gasteiger partial charge < -0.3 is 16.6 Å². The van der Waals surface area contributed by atoms with Crippen LogP contribution in [-0.4, -0.2) is 23.2 Å². The molecule has 0 saturated carbocycles. The molecule has 0 spiro atoms. The first-order valence-electron chi connectivity index (χ1n) is 3.43. The summed E-state index contributed by atoms with van der Waals surface area (Å²) in [6, 6.07) is 0. The Morgan fingerprint density at radius 3 is 2.23 bits per heavy atom. The molecular formula is C7H16Cl2N2O2. The monoisotopic (exact) mass is 230 g/mol. The minimum Gasteiger partial charge on any atom is -0.480 e. The van der Waals surface area contributed by atoms with E-state index in [-0.39, 0.29) is 24.8 Å². The second kappa shape index (κ2) is 8.31. The summed E-state index contributed by atoms with van der Waals surface area (Å²) in [6.07, 6.45) is 2.17. The van der Waals surface area contributed by atoms with Crippen LogP contribution in [0.1, 0.15) is 12.8 Å². The van der Waals surface area contributed by atoms with Crippen LogP contribution < -0.4 is 11.5 Å². The number of hydrogen-bond acceptors (Lipinski definition) is 3. The molecule has 0 radical (unpaired) electrons. The van der Waals surface area contributed by atoms with Gasteiger partial charge in [-0.2, -0.15) is 0 Å². The molecule has 4 nitrogen and oxygen atoms in total. The van der Waals surface area contributed by atoms with Crippen molar-refractivity contribution in [3.05, 3.63) is 12.7 Å². The Bertz CT molecular complexity index is 167. The predicted octanol–water partition coefficient (Wildman–Crippen LogP) is 0.537. The van der Waals surface area contributed by atoms with Gasteiger partial charge in [0, 0.05) is 0 Å². The average molecular weight is 231 g/mol. The number of hydrogen-bond donors (Lipinski definition) is 3. The molecule has 0 aromatic carbocycles. The minimum absolute atomic E-state index is 0. The van der Waals surface area contributed by atoms with E-state index in [4.69, 9.17) is 16.6 Å². The summed E-state index contributed by atoms with van der Waals surface area (Å²) in [5.41, 5.74) is 9.35. The molecule has 0 aliphatic rings. The normalized spacial score (nSPS) is 13.1. The van der Waals surface area contributed by atoms with Gasteiger partial charge in [0.25, 0.3) is 0 Å². The van der Waals surface area contributed by atoms with E-state index in [9.17, 15) is 4.79 Å². The zero-order valence-corrected chi connectivity index (χ0v) is 8.87. The molecule has 80 valence electrons. The van der Waals surface area contributed by atoms with Gasteiger partial charge in [-0.15, -0.1) is 31.4 Å². The van der Waals surface area contributed by atoms with Gasteiger partial charge >= 0.3 is 5.97 Å². The van der Waals surface area contributed by atoms with Crippen LogP contribution in [0.25, 0.3) is 0 Å². The molecular weight excluding hydrogens is 215 g/mol. The van der Waals surface area contributed by atoms with Crippen LogP contribution >= 0.6 is 24.8 Å². The number of carboxylic acids is 1. The summed E-state index contributed by atoms with van der Waals surface area (Å²) >= 11 is 0. The van der Waals surface area contributed by atoms with E-state index in [0.29, 0.717) is 19.4 Å². The third kappa shape index (κ3) is 5.87. The highest BCUT2D eigenvalue weighted by Crippen LogP contribution is 2.10. The quantitative estimate of drug-likeness (QED) is 0.602. The van der Waals surface area contributed by atoms with Crippen LogP contribution in [0.15, 0.2) is 12.7 Å². The first-order chi connectivity index (χ1) is 5.06. The van der Waals surface area contributed by atoms with E-state index in [2.05, 4.69) is 6.58 Å². The van der Waals surface area contributed by atoms with Gasteiger partial charge in [-0.25, -0.2) is 4.79 Å². The van der Waals surface area contributed by atoms with Crippen LogP contribution in [0.5, 0.6) is 0 Å². The van der Waals surface area contributed by atoms with Crippen molar-refractivity contribution in [2.75, 3.05) is 6.54 Å². The van der Waals surface area contributed by atoms with Gasteiger partial charge in [0.1, 0.15) is 5.54 Å². The molecule has 0 aromatic heterocycles.